The highest BCUT2D eigenvalue weighted by molar-refractivity contribution is 5.70. The van der Waals surface area contributed by atoms with Gasteiger partial charge in [-0.05, 0) is 37.0 Å². The zero-order valence-corrected chi connectivity index (χ0v) is 10.2. The zero-order valence-electron chi connectivity index (χ0n) is 10.2. The highest BCUT2D eigenvalue weighted by Gasteiger charge is 2.24. The van der Waals surface area contributed by atoms with Crippen molar-refractivity contribution >= 4 is 17.7 Å². The second kappa shape index (κ2) is 5.35. The molecule has 1 heterocycles. The first-order valence-corrected chi connectivity index (χ1v) is 6.17. The summed E-state index contributed by atoms with van der Waals surface area (Å²) in [4.78, 5) is 13.0. The minimum absolute atomic E-state index is 0.0962. The first-order chi connectivity index (χ1) is 8.67. The average Bonchev–Trinajstić information content (AvgIpc) is 2.41. The van der Waals surface area contributed by atoms with Crippen molar-refractivity contribution < 1.29 is 9.18 Å². The lowest BCUT2D eigenvalue weighted by atomic mass is 10.0. The number of aldehydes is 1. The molecular weight excluding hydrogens is 233 g/mol. The quantitative estimate of drug-likeness (QED) is 0.629. The third kappa shape index (κ3) is 2.31. The Morgan fingerprint density at radius 1 is 1.44 bits per heavy atom. The summed E-state index contributed by atoms with van der Waals surface area (Å²) in [6, 6.07) is 2.76. The molecule has 4 N–H and O–H groups in total. The van der Waals surface area contributed by atoms with Gasteiger partial charge in [-0.3, -0.25) is 0 Å². The van der Waals surface area contributed by atoms with Crippen LogP contribution in [0.25, 0.3) is 0 Å². The zero-order chi connectivity index (χ0) is 13.1. The Bertz CT molecular complexity index is 450. The van der Waals surface area contributed by atoms with Crippen molar-refractivity contribution in [3.8, 4) is 0 Å². The summed E-state index contributed by atoms with van der Waals surface area (Å²) in [5.41, 5.74) is 12.8. The van der Waals surface area contributed by atoms with Crippen LogP contribution in [0.15, 0.2) is 12.1 Å². The van der Waals surface area contributed by atoms with Crippen molar-refractivity contribution in [3.05, 3.63) is 23.5 Å². The van der Waals surface area contributed by atoms with Crippen LogP contribution in [0.3, 0.4) is 0 Å². The molecule has 2 rings (SSSR count). The number of halogens is 1. The van der Waals surface area contributed by atoms with Crippen LogP contribution in [0, 0.1) is 5.82 Å². The molecular formula is C13H18FN3O. The van der Waals surface area contributed by atoms with Crippen LogP contribution in [0.4, 0.5) is 15.8 Å². The molecule has 0 radical (unpaired) electrons. The molecule has 1 aliphatic rings. The topological polar surface area (TPSA) is 72.3 Å². The molecule has 4 nitrogen and oxygen atoms in total. The predicted molar refractivity (Wildman–Crippen MR) is 69.8 cm³/mol. The Morgan fingerprint density at radius 3 is 2.89 bits per heavy atom. The third-order valence-electron chi connectivity index (χ3n) is 3.43. The Balaban J connectivity index is 2.41. The minimum atomic E-state index is -0.461. The number of nitrogen functional groups attached to an aromatic ring is 1. The van der Waals surface area contributed by atoms with E-state index < -0.39 is 5.82 Å². The van der Waals surface area contributed by atoms with Gasteiger partial charge in [-0.25, -0.2) is 4.39 Å². The summed E-state index contributed by atoms with van der Waals surface area (Å²) >= 11 is 0. The van der Waals surface area contributed by atoms with Crippen molar-refractivity contribution in [2.24, 2.45) is 5.73 Å². The monoisotopic (exact) mass is 251 g/mol. The van der Waals surface area contributed by atoms with Crippen molar-refractivity contribution in [1.82, 2.24) is 0 Å². The van der Waals surface area contributed by atoms with E-state index in [-0.39, 0.29) is 18.3 Å². The molecule has 1 atom stereocenters. The second-order valence-corrected chi connectivity index (χ2v) is 4.60. The van der Waals surface area contributed by atoms with E-state index in [1.807, 2.05) is 4.90 Å². The summed E-state index contributed by atoms with van der Waals surface area (Å²) in [6.07, 6.45) is 3.75. The number of nitrogens with zero attached hydrogens (tertiary/aromatic N) is 1. The molecule has 0 amide bonds. The number of carbonyl (C=O) groups is 1. The van der Waals surface area contributed by atoms with E-state index in [1.54, 1.807) is 6.07 Å². The van der Waals surface area contributed by atoms with Crippen molar-refractivity contribution in [2.45, 2.75) is 31.8 Å². The van der Waals surface area contributed by atoms with Crippen LogP contribution in [-0.4, -0.2) is 18.9 Å². The Morgan fingerprint density at radius 2 is 2.22 bits per heavy atom. The molecule has 0 saturated carbocycles. The number of hydrogen-bond donors (Lipinski definition) is 2. The van der Waals surface area contributed by atoms with Gasteiger partial charge in [0.25, 0.3) is 0 Å². The van der Waals surface area contributed by atoms with E-state index in [4.69, 9.17) is 11.5 Å². The molecule has 1 unspecified atom stereocenters. The number of hydrogen-bond acceptors (Lipinski definition) is 4. The number of rotatable bonds is 3. The molecule has 0 bridgehead atoms. The van der Waals surface area contributed by atoms with Crippen LogP contribution < -0.4 is 16.4 Å². The number of anilines is 2. The maximum absolute atomic E-state index is 13.6. The van der Waals surface area contributed by atoms with E-state index >= 15 is 0 Å². The van der Waals surface area contributed by atoms with Crippen LogP contribution in [0.2, 0.25) is 0 Å². The Hall–Kier alpha value is -1.62. The highest BCUT2D eigenvalue weighted by Crippen LogP contribution is 2.30. The normalized spacial score (nSPS) is 19.9. The maximum Gasteiger partial charge on any atom is 0.148 e. The van der Waals surface area contributed by atoms with Crippen molar-refractivity contribution in [1.29, 1.82) is 0 Å². The third-order valence-corrected chi connectivity index (χ3v) is 3.43. The van der Waals surface area contributed by atoms with E-state index in [9.17, 15) is 9.18 Å². The first kappa shape index (κ1) is 12.8. The molecule has 1 fully saturated rings. The lowest BCUT2D eigenvalue weighted by Crippen LogP contribution is -2.41. The lowest BCUT2D eigenvalue weighted by molar-refractivity contribution is -0.109. The summed E-state index contributed by atoms with van der Waals surface area (Å²) in [7, 11) is 0. The van der Waals surface area contributed by atoms with Gasteiger partial charge < -0.3 is 21.2 Å². The molecule has 1 aliphatic heterocycles. The van der Waals surface area contributed by atoms with Gasteiger partial charge in [0.05, 0.1) is 11.7 Å². The van der Waals surface area contributed by atoms with Crippen molar-refractivity contribution in [2.75, 3.05) is 17.2 Å². The van der Waals surface area contributed by atoms with Gasteiger partial charge in [0.2, 0.25) is 0 Å². The largest absolute Gasteiger partial charge is 0.396 e. The van der Waals surface area contributed by atoms with Gasteiger partial charge >= 0.3 is 0 Å². The fourth-order valence-electron chi connectivity index (χ4n) is 2.46. The smallest absolute Gasteiger partial charge is 0.148 e. The van der Waals surface area contributed by atoms with E-state index in [1.165, 1.54) is 6.07 Å². The lowest BCUT2D eigenvalue weighted by Gasteiger charge is -2.35. The summed E-state index contributed by atoms with van der Waals surface area (Å²) in [5, 5.41) is 0. The standard InChI is InChI=1S/C13H18FN3O/c14-11-6-13(9(7-15)5-12(11)16)17-4-2-1-3-10(17)8-18/h5-6,8,10H,1-4,7,15-16H2. The van der Waals surface area contributed by atoms with E-state index in [2.05, 4.69) is 0 Å². The molecule has 1 saturated heterocycles. The molecule has 0 aliphatic carbocycles. The highest BCUT2D eigenvalue weighted by atomic mass is 19.1. The van der Waals surface area contributed by atoms with Gasteiger partial charge in [0.1, 0.15) is 12.1 Å². The SMILES string of the molecule is NCc1cc(N)c(F)cc1N1CCCCC1C=O. The van der Waals surface area contributed by atoms with Gasteiger partial charge in [0, 0.05) is 18.8 Å². The molecule has 5 heteroatoms. The molecule has 1 aromatic rings. The van der Waals surface area contributed by atoms with E-state index in [0.717, 1.165) is 37.7 Å². The van der Waals surface area contributed by atoms with Gasteiger partial charge in [-0.1, -0.05) is 0 Å². The van der Waals surface area contributed by atoms with Gasteiger partial charge in [-0.2, -0.15) is 0 Å². The van der Waals surface area contributed by atoms with Crippen LogP contribution >= 0.6 is 0 Å². The fourth-order valence-corrected chi connectivity index (χ4v) is 2.46. The number of benzene rings is 1. The van der Waals surface area contributed by atoms with E-state index in [0.29, 0.717) is 5.69 Å². The average molecular weight is 251 g/mol. The fraction of sp³-hybridized carbons (Fsp3) is 0.462. The van der Waals surface area contributed by atoms with Gasteiger partial charge in [0.15, 0.2) is 0 Å². The Kier molecular flexibility index (Phi) is 3.81. The summed E-state index contributed by atoms with van der Waals surface area (Å²) in [5.74, 6) is -0.461. The number of carbonyl (C=O) groups excluding carboxylic acids is 1. The van der Waals surface area contributed by atoms with Crippen LogP contribution in [0.5, 0.6) is 0 Å². The van der Waals surface area contributed by atoms with Gasteiger partial charge in [-0.15, -0.1) is 0 Å². The number of piperidine rings is 1. The predicted octanol–water partition coefficient (Wildman–Crippen LogP) is 1.42. The molecule has 18 heavy (non-hydrogen) atoms. The first-order valence-electron chi connectivity index (χ1n) is 6.17. The minimum Gasteiger partial charge on any atom is -0.396 e. The molecule has 0 spiro atoms. The molecule has 1 aromatic carbocycles. The number of nitrogens with two attached hydrogens (primary N) is 2. The van der Waals surface area contributed by atoms with Crippen LogP contribution in [0.1, 0.15) is 24.8 Å². The van der Waals surface area contributed by atoms with Crippen LogP contribution in [-0.2, 0) is 11.3 Å². The summed E-state index contributed by atoms with van der Waals surface area (Å²) < 4.78 is 13.6. The summed E-state index contributed by atoms with van der Waals surface area (Å²) in [6.45, 7) is 1.03. The van der Waals surface area contributed by atoms with Crippen molar-refractivity contribution in [3.63, 3.8) is 0 Å². The molecule has 98 valence electrons. The Labute approximate surface area is 106 Å². The maximum atomic E-state index is 13.6. The second-order valence-electron chi connectivity index (χ2n) is 4.60. The molecule has 0 aromatic heterocycles.